The Bertz CT molecular complexity index is 724. The lowest BCUT2D eigenvalue weighted by Gasteiger charge is -2.16. The summed E-state index contributed by atoms with van der Waals surface area (Å²) in [5.41, 5.74) is 0.867. The average molecular weight is 357 g/mol. The number of unbranched alkanes of at least 4 members (excludes halogenated alkanes) is 1. The summed E-state index contributed by atoms with van der Waals surface area (Å²) in [4.78, 5) is 51.3. The highest BCUT2D eigenvalue weighted by molar-refractivity contribution is 6.21. The van der Waals surface area contributed by atoms with Crippen LogP contribution < -0.4 is 5.32 Å². The zero-order valence-corrected chi connectivity index (χ0v) is 15.0. The molecule has 0 saturated carbocycles. The molecule has 1 aromatic rings. The summed E-state index contributed by atoms with van der Waals surface area (Å²) in [5, 5.41) is 2.71. The molecule has 7 nitrogen and oxygen atoms in total. The molecule has 1 aromatic carbocycles. The molecule has 2 aliphatic rings. The number of fused-ring (bicyclic) bond motifs is 1. The molecule has 1 N–H and O–H groups in total. The number of hydrogen-bond acceptors (Lipinski definition) is 4. The van der Waals surface area contributed by atoms with Gasteiger partial charge in [0.2, 0.25) is 0 Å². The van der Waals surface area contributed by atoms with Crippen molar-refractivity contribution in [3.63, 3.8) is 0 Å². The van der Waals surface area contributed by atoms with Gasteiger partial charge in [-0.1, -0.05) is 26.0 Å². The van der Waals surface area contributed by atoms with Crippen LogP contribution in [0.5, 0.6) is 0 Å². The van der Waals surface area contributed by atoms with E-state index in [9.17, 15) is 19.2 Å². The molecule has 0 bridgehead atoms. The molecule has 0 spiro atoms. The molecule has 26 heavy (non-hydrogen) atoms. The van der Waals surface area contributed by atoms with Crippen molar-refractivity contribution in [2.75, 3.05) is 13.1 Å². The van der Waals surface area contributed by atoms with E-state index in [-0.39, 0.29) is 30.3 Å². The first-order valence-electron chi connectivity index (χ1n) is 8.97. The second kappa shape index (κ2) is 7.27. The van der Waals surface area contributed by atoms with E-state index in [2.05, 4.69) is 5.32 Å². The Morgan fingerprint density at radius 3 is 2.00 bits per heavy atom. The van der Waals surface area contributed by atoms with Gasteiger partial charge in [-0.25, -0.2) is 4.79 Å². The molecular weight excluding hydrogens is 334 g/mol. The second-order valence-corrected chi connectivity index (χ2v) is 7.14. The fourth-order valence-electron chi connectivity index (χ4n) is 3.40. The Labute approximate surface area is 152 Å². The van der Waals surface area contributed by atoms with Gasteiger partial charge in [0, 0.05) is 13.1 Å². The third-order valence-electron chi connectivity index (χ3n) is 4.71. The third kappa shape index (κ3) is 3.34. The molecule has 1 saturated heterocycles. The van der Waals surface area contributed by atoms with Gasteiger partial charge < -0.3 is 5.32 Å². The van der Waals surface area contributed by atoms with Gasteiger partial charge in [0.1, 0.15) is 6.04 Å². The normalized spacial score (nSPS) is 19.6. The molecule has 7 heteroatoms. The average Bonchev–Trinajstić information content (AvgIpc) is 3.00. The molecule has 2 heterocycles. The predicted molar refractivity (Wildman–Crippen MR) is 94.5 cm³/mol. The number of nitrogens with zero attached hydrogens (tertiary/aromatic N) is 2. The van der Waals surface area contributed by atoms with Gasteiger partial charge >= 0.3 is 6.03 Å². The topological polar surface area (TPSA) is 86.8 Å². The summed E-state index contributed by atoms with van der Waals surface area (Å²) in [5.74, 6) is -0.433. The second-order valence-electron chi connectivity index (χ2n) is 7.14. The lowest BCUT2D eigenvalue weighted by atomic mass is 10.0. The molecule has 1 fully saturated rings. The number of rotatable bonds is 7. The molecule has 0 unspecified atom stereocenters. The maximum atomic E-state index is 12.3. The highest BCUT2D eigenvalue weighted by atomic mass is 16.2. The number of carbonyl (C=O) groups is 4. The minimum absolute atomic E-state index is 0.190. The van der Waals surface area contributed by atoms with Crippen molar-refractivity contribution >= 4 is 23.8 Å². The van der Waals surface area contributed by atoms with Gasteiger partial charge in [-0.15, -0.1) is 0 Å². The number of imide groups is 2. The number of benzene rings is 1. The Morgan fingerprint density at radius 2 is 1.46 bits per heavy atom. The third-order valence-corrected chi connectivity index (χ3v) is 4.71. The number of carbonyl (C=O) groups excluding carboxylic acids is 4. The minimum Gasteiger partial charge on any atom is -0.326 e. The Balaban J connectivity index is 1.49. The van der Waals surface area contributed by atoms with Gasteiger partial charge in [-0.3, -0.25) is 24.2 Å². The van der Waals surface area contributed by atoms with Crippen LogP contribution in [0.1, 0.15) is 53.8 Å². The van der Waals surface area contributed by atoms with E-state index in [1.165, 1.54) is 9.80 Å². The summed E-state index contributed by atoms with van der Waals surface area (Å²) < 4.78 is 0. The SMILES string of the molecule is CC(C)C[C@H]1NC(=O)N(CCCCN2C(=O)c3ccccc3C2=O)C1=O. The van der Waals surface area contributed by atoms with Crippen molar-refractivity contribution < 1.29 is 19.2 Å². The van der Waals surface area contributed by atoms with Gasteiger partial charge in [0.25, 0.3) is 17.7 Å². The maximum absolute atomic E-state index is 12.3. The van der Waals surface area contributed by atoms with E-state index in [0.717, 1.165) is 0 Å². The Kier molecular flexibility index (Phi) is 5.06. The van der Waals surface area contributed by atoms with Crippen molar-refractivity contribution in [1.29, 1.82) is 0 Å². The van der Waals surface area contributed by atoms with E-state index in [1.807, 2.05) is 13.8 Å². The summed E-state index contributed by atoms with van der Waals surface area (Å²) in [7, 11) is 0. The van der Waals surface area contributed by atoms with Crippen LogP contribution >= 0.6 is 0 Å². The standard InChI is InChI=1S/C19H23N3O4/c1-12(2)11-15-18(25)22(19(26)20-15)10-6-5-9-21-16(23)13-7-3-4-8-14(13)17(21)24/h3-4,7-8,12,15H,5-6,9-11H2,1-2H3,(H,20,26)/t15-/m1/s1. The number of urea groups is 1. The zero-order valence-electron chi connectivity index (χ0n) is 15.0. The van der Waals surface area contributed by atoms with Gasteiger partial charge in [0.15, 0.2) is 0 Å². The van der Waals surface area contributed by atoms with Crippen LogP contribution in [-0.4, -0.2) is 52.7 Å². The van der Waals surface area contributed by atoms with Crippen LogP contribution in [0.2, 0.25) is 0 Å². The fourth-order valence-corrected chi connectivity index (χ4v) is 3.40. The molecular formula is C19H23N3O4. The summed E-state index contributed by atoms with van der Waals surface area (Å²) in [6.07, 6.45) is 1.70. The molecule has 3 rings (SSSR count). The summed E-state index contributed by atoms with van der Waals surface area (Å²) in [6.45, 7) is 4.59. The first kappa shape index (κ1) is 18.1. The van der Waals surface area contributed by atoms with Gasteiger partial charge in [-0.2, -0.15) is 0 Å². The van der Waals surface area contributed by atoms with E-state index in [0.29, 0.717) is 42.9 Å². The number of nitrogens with one attached hydrogen (secondary N) is 1. The van der Waals surface area contributed by atoms with Crippen LogP contribution in [-0.2, 0) is 4.79 Å². The molecule has 2 aliphatic heterocycles. The van der Waals surface area contributed by atoms with Crippen LogP contribution in [0.3, 0.4) is 0 Å². The smallest absolute Gasteiger partial charge is 0.324 e. The van der Waals surface area contributed by atoms with E-state index in [4.69, 9.17) is 0 Å². The van der Waals surface area contributed by atoms with Crippen molar-refractivity contribution in [3.05, 3.63) is 35.4 Å². The molecule has 0 radical (unpaired) electrons. The van der Waals surface area contributed by atoms with Gasteiger partial charge in [0.05, 0.1) is 11.1 Å². The molecule has 0 aliphatic carbocycles. The van der Waals surface area contributed by atoms with E-state index in [1.54, 1.807) is 24.3 Å². The first-order chi connectivity index (χ1) is 12.4. The van der Waals surface area contributed by atoms with Crippen molar-refractivity contribution in [2.45, 2.75) is 39.2 Å². The Hall–Kier alpha value is -2.70. The van der Waals surface area contributed by atoms with Crippen molar-refractivity contribution in [3.8, 4) is 0 Å². The van der Waals surface area contributed by atoms with Crippen molar-refractivity contribution in [1.82, 2.24) is 15.1 Å². The van der Waals surface area contributed by atoms with Crippen LogP contribution in [0.15, 0.2) is 24.3 Å². The number of amides is 5. The fraction of sp³-hybridized carbons (Fsp3) is 0.474. The maximum Gasteiger partial charge on any atom is 0.324 e. The lowest BCUT2D eigenvalue weighted by Crippen LogP contribution is -2.34. The van der Waals surface area contributed by atoms with E-state index >= 15 is 0 Å². The van der Waals surface area contributed by atoms with Crippen molar-refractivity contribution in [2.24, 2.45) is 5.92 Å². The number of hydrogen-bond donors (Lipinski definition) is 1. The summed E-state index contributed by atoms with van der Waals surface area (Å²) >= 11 is 0. The lowest BCUT2D eigenvalue weighted by molar-refractivity contribution is -0.127. The largest absolute Gasteiger partial charge is 0.326 e. The highest BCUT2D eigenvalue weighted by Gasteiger charge is 2.38. The van der Waals surface area contributed by atoms with Crippen LogP contribution in [0, 0.1) is 5.92 Å². The first-order valence-corrected chi connectivity index (χ1v) is 8.97. The molecule has 5 amide bonds. The minimum atomic E-state index is -0.446. The highest BCUT2D eigenvalue weighted by Crippen LogP contribution is 2.23. The predicted octanol–water partition coefficient (Wildman–Crippen LogP) is 2.03. The van der Waals surface area contributed by atoms with Crippen LogP contribution in [0.4, 0.5) is 4.79 Å². The van der Waals surface area contributed by atoms with E-state index < -0.39 is 6.04 Å². The molecule has 1 atom stereocenters. The van der Waals surface area contributed by atoms with Crippen LogP contribution in [0.25, 0.3) is 0 Å². The summed E-state index contributed by atoms with van der Waals surface area (Å²) in [6, 6.07) is 5.97. The quantitative estimate of drug-likeness (QED) is 0.459. The van der Waals surface area contributed by atoms with Gasteiger partial charge in [-0.05, 0) is 37.3 Å². The molecule has 138 valence electrons. The molecule has 0 aromatic heterocycles. The monoisotopic (exact) mass is 357 g/mol. The zero-order chi connectivity index (χ0) is 18.8. The Morgan fingerprint density at radius 1 is 0.923 bits per heavy atom.